The van der Waals surface area contributed by atoms with Crippen LogP contribution in [-0.4, -0.2) is 48.9 Å². The molecule has 0 saturated heterocycles. The topological polar surface area (TPSA) is 125 Å². The van der Waals surface area contributed by atoms with Crippen molar-refractivity contribution in [3.63, 3.8) is 0 Å². The van der Waals surface area contributed by atoms with Gasteiger partial charge in [0, 0.05) is 64.7 Å². The predicted molar refractivity (Wildman–Crippen MR) is 164 cm³/mol. The van der Waals surface area contributed by atoms with Gasteiger partial charge in [0.1, 0.15) is 23.0 Å². The second-order valence-electron chi connectivity index (χ2n) is 13.0. The number of nitrogens with two attached hydrogens (primary N) is 2. The van der Waals surface area contributed by atoms with Gasteiger partial charge in [-0.25, -0.2) is 18.2 Å². The molecule has 4 aliphatic rings. The molecule has 7 rings (SSSR count). The van der Waals surface area contributed by atoms with E-state index in [9.17, 15) is 13.6 Å². The van der Waals surface area contributed by atoms with Gasteiger partial charge in [-0.1, -0.05) is 6.92 Å². The van der Waals surface area contributed by atoms with E-state index in [1.54, 1.807) is 18.3 Å². The number of benzene rings is 2. The van der Waals surface area contributed by atoms with Crippen LogP contribution in [0.4, 0.5) is 18.9 Å². The number of fused-ring (bicyclic) bond motifs is 1. The molecule has 11 heteroatoms. The second kappa shape index (κ2) is 11.3. The van der Waals surface area contributed by atoms with Gasteiger partial charge >= 0.3 is 0 Å². The zero-order valence-corrected chi connectivity index (χ0v) is 25.0. The monoisotopic (exact) mass is 619 g/mol. The number of nitrogen functional groups attached to an aromatic ring is 1. The van der Waals surface area contributed by atoms with Crippen LogP contribution < -0.4 is 26.3 Å². The van der Waals surface area contributed by atoms with Gasteiger partial charge in [-0.3, -0.25) is 9.79 Å². The van der Waals surface area contributed by atoms with Crippen molar-refractivity contribution in [1.82, 2.24) is 10.3 Å². The molecule has 236 valence electrons. The molecule has 2 atom stereocenters. The molecule has 3 fully saturated rings. The number of aromatic nitrogens is 1. The molecule has 3 aromatic rings. The summed E-state index contributed by atoms with van der Waals surface area (Å²) in [6.07, 6.45) is 7.67. The van der Waals surface area contributed by atoms with Gasteiger partial charge < -0.3 is 26.3 Å². The van der Waals surface area contributed by atoms with Gasteiger partial charge in [0.05, 0.1) is 24.4 Å². The summed E-state index contributed by atoms with van der Waals surface area (Å²) >= 11 is 0. The number of carbonyl (C=O) groups is 1. The first-order valence-corrected chi connectivity index (χ1v) is 15.6. The van der Waals surface area contributed by atoms with Crippen LogP contribution in [0.3, 0.4) is 0 Å². The van der Waals surface area contributed by atoms with Crippen molar-refractivity contribution in [2.24, 2.45) is 16.6 Å². The zero-order valence-electron chi connectivity index (χ0n) is 25.0. The molecule has 0 unspecified atom stereocenters. The summed E-state index contributed by atoms with van der Waals surface area (Å²) in [6, 6.07) is 6.92. The highest BCUT2D eigenvalue weighted by atomic mass is 19.2. The molecular formula is C34H36F3N5O3. The SMILES string of the molecule is C[C@]1(CN)COc2c1cc([C@@H](CNC(=O)c1cc(C=NC3CC3)c(N)c(OC3CC3)c1)C1CC1)nc2-c1cc(F)c(F)cc1F. The third-order valence-corrected chi connectivity index (χ3v) is 9.17. The number of anilines is 1. The third-order valence-electron chi connectivity index (χ3n) is 9.17. The Balaban J connectivity index is 1.21. The Kier molecular flexibility index (Phi) is 7.46. The van der Waals surface area contributed by atoms with Crippen LogP contribution >= 0.6 is 0 Å². The molecular weight excluding hydrogens is 583 g/mol. The van der Waals surface area contributed by atoms with Gasteiger partial charge in [0.25, 0.3) is 5.91 Å². The lowest BCUT2D eigenvalue weighted by molar-refractivity contribution is 0.0949. The Morgan fingerprint density at radius 2 is 1.87 bits per heavy atom. The average molecular weight is 620 g/mol. The van der Waals surface area contributed by atoms with E-state index in [2.05, 4.69) is 10.3 Å². The van der Waals surface area contributed by atoms with Crippen molar-refractivity contribution in [1.29, 1.82) is 0 Å². The molecule has 2 heterocycles. The highest BCUT2D eigenvalue weighted by molar-refractivity contribution is 5.99. The summed E-state index contributed by atoms with van der Waals surface area (Å²) < 4.78 is 55.2. The number of pyridine rings is 1. The number of rotatable bonds is 11. The minimum Gasteiger partial charge on any atom is -0.490 e. The van der Waals surface area contributed by atoms with Crippen molar-refractivity contribution in [2.75, 3.05) is 25.4 Å². The maximum Gasteiger partial charge on any atom is 0.251 e. The van der Waals surface area contributed by atoms with Crippen molar-refractivity contribution >= 4 is 17.8 Å². The Morgan fingerprint density at radius 3 is 2.56 bits per heavy atom. The first kappa shape index (κ1) is 29.6. The third kappa shape index (κ3) is 5.97. The molecule has 3 saturated carbocycles. The molecule has 0 radical (unpaired) electrons. The Hall–Kier alpha value is -4.12. The van der Waals surface area contributed by atoms with Gasteiger partial charge in [-0.15, -0.1) is 0 Å². The zero-order chi connectivity index (χ0) is 31.5. The van der Waals surface area contributed by atoms with Crippen molar-refractivity contribution in [2.45, 2.75) is 68.9 Å². The summed E-state index contributed by atoms with van der Waals surface area (Å²) in [6.45, 7) is 2.68. The smallest absolute Gasteiger partial charge is 0.251 e. The van der Waals surface area contributed by atoms with Crippen LogP contribution in [0.5, 0.6) is 11.5 Å². The lowest BCUT2D eigenvalue weighted by Crippen LogP contribution is -2.33. The van der Waals surface area contributed by atoms with Crippen molar-refractivity contribution in [3.8, 4) is 22.8 Å². The minimum atomic E-state index is -1.29. The number of hydrogen-bond acceptors (Lipinski definition) is 7. The largest absolute Gasteiger partial charge is 0.490 e. The van der Waals surface area contributed by atoms with E-state index in [-0.39, 0.29) is 54.8 Å². The average Bonchev–Trinajstić information content (AvgIpc) is 3.88. The van der Waals surface area contributed by atoms with Crippen LogP contribution in [0, 0.1) is 23.4 Å². The minimum absolute atomic E-state index is 0.0908. The molecule has 1 aliphatic heterocycles. The quantitative estimate of drug-likeness (QED) is 0.150. The van der Waals surface area contributed by atoms with Gasteiger partial charge in [0.2, 0.25) is 0 Å². The Labute approximate surface area is 259 Å². The number of nitrogens with zero attached hydrogens (tertiary/aromatic N) is 2. The number of carbonyl (C=O) groups excluding carboxylic acids is 1. The standard InChI is InChI=1S/C34H36F3N5O3/c1-34(15-38)16-44-32-24(34)11-28(42-31(32)22-10-26(36)27(37)12-25(22)35)23(17-2-3-17)14-41-33(43)18-8-19(13-40-20-4-5-20)30(39)29(9-18)45-21-6-7-21/h8-13,17,20-21,23H,2-7,14-16,38-39H2,1H3,(H,41,43)/t23-,34-/m0/s1. The molecule has 2 aromatic carbocycles. The summed E-state index contributed by atoms with van der Waals surface area (Å²) in [7, 11) is 0. The molecule has 0 bridgehead atoms. The van der Waals surface area contributed by atoms with E-state index < -0.39 is 22.9 Å². The predicted octanol–water partition coefficient (Wildman–Crippen LogP) is 5.40. The van der Waals surface area contributed by atoms with Crippen molar-refractivity contribution < 1.29 is 27.4 Å². The summed E-state index contributed by atoms with van der Waals surface area (Å²) in [5.74, 6) is -2.94. The summed E-state index contributed by atoms with van der Waals surface area (Å²) in [5, 5.41) is 3.07. The van der Waals surface area contributed by atoms with E-state index in [0.717, 1.165) is 50.2 Å². The highest BCUT2D eigenvalue weighted by Crippen LogP contribution is 2.48. The van der Waals surface area contributed by atoms with E-state index in [4.69, 9.17) is 25.9 Å². The Bertz CT molecular complexity index is 1700. The van der Waals surface area contributed by atoms with Crippen LogP contribution in [0.15, 0.2) is 35.3 Å². The molecule has 5 N–H and O–H groups in total. The van der Waals surface area contributed by atoms with Gasteiger partial charge in [-0.05, 0) is 68.7 Å². The maximum absolute atomic E-state index is 15.1. The van der Waals surface area contributed by atoms with E-state index in [1.165, 1.54) is 0 Å². The second-order valence-corrected chi connectivity index (χ2v) is 13.0. The number of nitrogens with one attached hydrogen (secondary N) is 1. The molecule has 45 heavy (non-hydrogen) atoms. The van der Waals surface area contributed by atoms with Crippen LogP contribution in [0.25, 0.3) is 11.3 Å². The van der Waals surface area contributed by atoms with Gasteiger partial charge in [0.15, 0.2) is 11.6 Å². The first-order chi connectivity index (χ1) is 21.6. The molecule has 3 aliphatic carbocycles. The number of aliphatic imine (C=N–C) groups is 1. The fraction of sp³-hybridized carbons (Fsp3) is 0.441. The van der Waals surface area contributed by atoms with Crippen molar-refractivity contribution in [3.05, 3.63) is 70.2 Å². The van der Waals surface area contributed by atoms with Gasteiger partial charge in [-0.2, -0.15) is 0 Å². The number of halogens is 3. The fourth-order valence-corrected chi connectivity index (χ4v) is 5.78. The van der Waals surface area contributed by atoms with Crippen LogP contribution in [-0.2, 0) is 5.41 Å². The lowest BCUT2D eigenvalue weighted by Gasteiger charge is -2.23. The summed E-state index contributed by atoms with van der Waals surface area (Å²) in [5.41, 5.74) is 14.7. The first-order valence-electron chi connectivity index (χ1n) is 15.6. The lowest BCUT2D eigenvalue weighted by atomic mass is 9.82. The normalized spacial score (nSPS) is 21.4. The van der Waals surface area contributed by atoms with Crippen LogP contribution in [0.1, 0.15) is 78.5 Å². The fourth-order valence-electron chi connectivity index (χ4n) is 5.78. The molecule has 1 amide bonds. The Morgan fingerprint density at radius 1 is 1.11 bits per heavy atom. The van der Waals surface area contributed by atoms with E-state index in [1.807, 2.05) is 13.0 Å². The molecule has 0 spiro atoms. The molecule has 8 nitrogen and oxygen atoms in total. The number of ether oxygens (including phenoxy) is 2. The van der Waals surface area contributed by atoms with Crippen LogP contribution in [0.2, 0.25) is 0 Å². The van der Waals surface area contributed by atoms with E-state index in [0.29, 0.717) is 46.1 Å². The van der Waals surface area contributed by atoms with E-state index >= 15 is 4.39 Å². The number of hydrogen-bond donors (Lipinski definition) is 3. The number of amides is 1. The maximum atomic E-state index is 15.1. The summed E-state index contributed by atoms with van der Waals surface area (Å²) in [4.78, 5) is 22.9. The highest BCUT2D eigenvalue weighted by Gasteiger charge is 2.41. The molecule has 1 aromatic heterocycles.